The number of para-hydroxylation sites is 1. The minimum absolute atomic E-state index is 0.0619. The topological polar surface area (TPSA) is 236 Å². The molecular weight excluding hydrogens is 518 g/mol. The van der Waals surface area contributed by atoms with E-state index in [1.54, 1.807) is 6.20 Å². The van der Waals surface area contributed by atoms with Crippen molar-refractivity contribution in [3.63, 3.8) is 0 Å². The molecule has 0 fully saturated rings. The van der Waals surface area contributed by atoms with E-state index in [-0.39, 0.29) is 18.8 Å². The van der Waals surface area contributed by atoms with Crippen molar-refractivity contribution in [3.8, 4) is 0 Å². The van der Waals surface area contributed by atoms with Crippen LogP contribution in [0.15, 0.2) is 30.5 Å². The summed E-state index contributed by atoms with van der Waals surface area (Å²) in [6.07, 6.45) is 3.16. The summed E-state index contributed by atoms with van der Waals surface area (Å²) in [5.74, 6) is -4.35. The summed E-state index contributed by atoms with van der Waals surface area (Å²) in [4.78, 5) is 65.5. The maximum absolute atomic E-state index is 13.6. The Kier molecular flexibility index (Phi) is 12.6. The zero-order chi connectivity index (χ0) is 29.8. The molecule has 0 bridgehead atoms. The molecule has 1 heterocycles. The van der Waals surface area contributed by atoms with Crippen LogP contribution in [0, 0.1) is 5.92 Å². The molecule has 2 aromatic rings. The summed E-state index contributed by atoms with van der Waals surface area (Å²) in [6.45, 7) is 4.13. The second kappa shape index (κ2) is 15.6. The fourth-order valence-corrected chi connectivity index (χ4v) is 4.30. The van der Waals surface area contributed by atoms with Gasteiger partial charge in [0.25, 0.3) is 0 Å². The number of carbonyl (C=O) groups is 5. The van der Waals surface area contributed by atoms with Gasteiger partial charge in [0.05, 0.1) is 12.5 Å². The van der Waals surface area contributed by atoms with Gasteiger partial charge in [-0.25, -0.2) is 4.79 Å². The Morgan fingerprint density at radius 1 is 0.925 bits per heavy atom. The number of aromatic amines is 1. The minimum atomic E-state index is -1.55. The molecule has 2 rings (SSSR count). The Hall–Kier alpha value is -3.97. The highest BCUT2D eigenvalue weighted by Crippen LogP contribution is 2.19. The number of fused-ring (bicyclic) bond motifs is 1. The SMILES string of the molecule is CC(C)CC(NC(=O)C(Cc1c[nH]c2ccccc12)NC(=O)C(N)CCCCN)C(=O)NC(CC(N)=O)C(=O)O. The summed E-state index contributed by atoms with van der Waals surface area (Å²) in [6, 6.07) is 2.86. The predicted octanol–water partition coefficient (Wildman–Crippen LogP) is -0.373. The van der Waals surface area contributed by atoms with Gasteiger partial charge in [0.15, 0.2) is 0 Å². The van der Waals surface area contributed by atoms with Gasteiger partial charge in [-0.1, -0.05) is 38.5 Å². The summed E-state index contributed by atoms with van der Waals surface area (Å²) >= 11 is 0. The lowest BCUT2D eigenvalue weighted by atomic mass is 10.00. The second-order valence-electron chi connectivity index (χ2n) is 10.3. The molecule has 4 atom stereocenters. The van der Waals surface area contributed by atoms with Gasteiger partial charge >= 0.3 is 5.97 Å². The number of unbranched alkanes of at least 4 members (excludes halogenated alkanes) is 1. The van der Waals surface area contributed by atoms with E-state index in [2.05, 4.69) is 20.9 Å². The van der Waals surface area contributed by atoms with Gasteiger partial charge in [0.1, 0.15) is 18.1 Å². The fourth-order valence-electron chi connectivity index (χ4n) is 4.30. The highest BCUT2D eigenvalue weighted by molar-refractivity contribution is 5.95. The number of hydrogen-bond acceptors (Lipinski definition) is 7. The van der Waals surface area contributed by atoms with Crippen molar-refractivity contribution < 1.29 is 29.1 Å². The van der Waals surface area contributed by atoms with Gasteiger partial charge in [-0.3, -0.25) is 19.2 Å². The number of aromatic nitrogens is 1. The molecule has 0 aliphatic rings. The molecule has 11 N–H and O–H groups in total. The van der Waals surface area contributed by atoms with E-state index in [0.717, 1.165) is 16.5 Å². The van der Waals surface area contributed by atoms with Crippen LogP contribution < -0.4 is 33.2 Å². The quantitative estimate of drug-likeness (QED) is 0.119. The van der Waals surface area contributed by atoms with Crippen molar-refractivity contribution in [2.75, 3.05) is 6.54 Å². The average molecular weight is 560 g/mol. The van der Waals surface area contributed by atoms with Crippen LogP contribution in [-0.2, 0) is 30.4 Å². The molecule has 1 aromatic carbocycles. The number of carboxylic acid groups (broad SMARTS) is 1. The first-order valence-electron chi connectivity index (χ1n) is 13.4. The van der Waals surface area contributed by atoms with E-state index in [0.29, 0.717) is 25.8 Å². The number of carboxylic acids is 1. The van der Waals surface area contributed by atoms with Crippen molar-refractivity contribution in [1.82, 2.24) is 20.9 Å². The lowest BCUT2D eigenvalue weighted by Crippen LogP contribution is -2.58. The molecule has 0 radical (unpaired) electrons. The number of aliphatic carboxylic acids is 1. The van der Waals surface area contributed by atoms with Gasteiger partial charge in [0, 0.05) is 23.5 Å². The first kappa shape index (κ1) is 32.2. The number of nitrogens with two attached hydrogens (primary N) is 3. The van der Waals surface area contributed by atoms with Crippen LogP contribution in [0.1, 0.15) is 51.5 Å². The third kappa shape index (κ3) is 9.97. The zero-order valence-electron chi connectivity index (χ0n) is 22.9. The van der Waals surface area contributed by atoms with E-state index < -0.39 is 60.2 Å². The van der Waals surface area contributed by atoms with Crippen LogP contribution in [0.2, 0.25) is 0 Å². The standard InChI is InChI=1S/C27H41N7O6/c1-15(2)11-20(25(37)34-22(27(39)40)13-23(30)35)33-26(38)21(32-24(36)18(29)8-5-6-10-28)12-16-14-31-19-9-4-3-7-17(16)19/h3-4,7,9,14-15,18,20-22,31H,5-6,8,10-13,28-29H2,1-2H3,(H2,30,35)(H,32,36)(H,33,38)(H,34,37)(H,39,40). The summed E-state index contributed by atoms with van der Waals surface area (Å²) in [5, 5.41) is 17.9. The van der Waals surface area contributed by atoms with Crippen LogP contribution in [0.5, 0.6) is 0 Å². The van der Waals surface area contributed by atoms with Gasteiger partial charge in [-0.05, 0) is 43.4 Å². The summed E-state index contributed by atoms with van der Waals surface area (Å²) in [7, 11) is 0. The molecule has 0 aliphatic carbocycles. The summed E-state index contributed by atoms with van der Waals surface area (Å²) in [5.41, 5.74) is 18.3. The first-order chi connectivity index (χ1) is 18.9. The predicted molar refractivity (Wildman–Crippen MR) is 150 cm³/mol. The normalized spacial score (nSPS) is 14.2. The van der Waals surface area contributed by atoms with Crippen molar-refractivity contribution in [3.05, 3.63) is 36.0 Å². The van der Waals surface area contributed by atoms with Crippen LogP contribution in [0.25, 0.3) is 10.9 Å². The van der Waals surface area contributed by atoms with Crippen LogP contribution in [-0.4, -0.2) is 70.4 Å². The maximum Gasteiger partial charge on any atom is 0.326 e. The van der Waals surface area contributed by atoms with Gasteiger partial charge in [-0.2, -0.15) is 0 Å². The number of nitrogens with one attached hydrogen (secondary N) is 4. The number of H-pyrrole nitrogens is 1. The lowest BCUT2D eigenvalue weighted by molar-refractivity contribution is -0.143. The molecule has 0 saturated carbocycles. The van der Waals surface area contributed by atoms with Gasteiger partial charge in [-0.15, -0.1) is 0 Å². The van der Waals surface area contributed by atoms with E-state index in [4.69, 9.17) is 17.2 Å². The Morgan fingerprint density at radius 3 is 2.17 bits per heavy atom. The molecule has 40 heavy (non-hydrogen) atoms. The van der Waals surface area contributed by atoms with Crippen molar-refractivity contribution in [2.45, 2.75) is 76.5 Å². The molecule has 0 spiro atoms. The molecule has 4 amide bonds. The number of carbonyl (C=O) groups excluding carboxylic acids is 4. The average Bonchev–Trinajstić information content (AvgIpc) is 3.29. The molecule has 0 aliphatic heterocycles. The smallest absolute Gasteiger partial charge is 0.326 e. The van der Waals surface area contributed by atoms with E-state index in [1.807, 2.05) is 38.1 Å². The number of rotatable bonds is 17. The molecule has 220 valence electrons. The Balaban J connectivity index is 2.28. The van der Waals surface area contributed by atoms with Crippen molar-refractivity contribution in [2.24, 2.45) is 23.1 Å². The molecule has 1 aromatic heterocycles. The Labute approximate surface area is 233 Å². The minimum Gasteiger partial charge on any atom is -0.480 e. The largest absolute Gasteiger partial charge is 0.480 e. The molecule has 4 unspecified atom stereocenters. The zero-order valence-corrected chi connectivity index (χ0v) is 22.9. The highest BCUT2D eigenvalue weighted by Gasteiger charge is 2.31. The molecule has 13 nitrogen and oxygen atoms in total. The Morgan fingerprint density at radius 2 is 1.55 bits per heavy atom. The van der Waals surface area contributed by atoms with Crippen LogP contribution in [0.4, 0.5) is 0 Å². The molecule has 0 saturated heterocycles. The molecule has 13 heteroatoms. The second-order valence-corrected chi connectivity index (χ2v) is 10.3. The monoisotopic (exact) mass is 559 g/mol. The van der Waals surface area contributed by atoms with E-state index >= 15 is 0 Å². The molecular formula is C27H41N7O6. The highest BCUT2D eigenvalue weighted by atomic mass is 16.4. The summed E-state index contributed by atoms with van der Waals surface area (Å²) < 4.78 is 0. The van der Waals surface area contributed by atoms with E-state index in [1.165, 1.54) is 0 Å². The maximum atomic E-state index is 13.6. The fraction of sp³-hybridized carbons (Fsp3) is 0.519. The number of amides is 4. The van der Waals surface area contributed by atoms with Gasteiger partial charge in [0.2, 0.25) is 23.6 Å². The van der Waals surface area contributed by atoms with Gasteiger partial charge < -0.3 is 43.2 Å². The number of primary amides is 1. The Bertz CT molecular complexity index is 1180. The van der Waals surface area contributed by atoms with Crippen LogP contribution >= 0.6 is 0 Å². The van der Waals surface area contributed by atoms with Crippen LogP contribution in [0.3, 0.4) is 0 Å². The van der Waals surface area contributed by atoms with Crippen molar-refractivity contribution in [1.29, 1.82) is 0 Å². The third-order valence-corrected chi connectivity index (χ3v) is 6.40. The third-order valence-electron chi connectivity index (χ3n) is 6.40. The number of hydrogen-bond donors (Lipinski definition) is 8. The van der Waals surface area contributed by atoms with Crippen molar-refractivity contribution >= 4 is 40.5 Å². The first-order valence-corrected chi connectivity index (χ1v) is 13.4. The van der Waals surface area contributed by atoms with E-state index in [9.17, 15) is 29.1 Å². The lowest BCUT2D eigenvalue weighted by Gasteiger charge is -2.26. The number of benzene rings is 1.